The van der Waals surface area contributed by atoms with Crippen LogP contribution in [0.5, 0.6) is 0 Å². The van der Waals surface area contributed by atoms with E-state index >= 15 is 0 Å². The lowest BCUT2D eigenvalue weighted by Gasteiger charge is -2.21. The SMILES string of the molecule is O=C1[C@@H]2N=NN(c3cccc(C(F)(F)F)c3)[C@H]2C(=O)N1c1ccc2c(c1)CCC2. The predicted octanol–water partition coefficient (Wildman–Crippen LogP) is 3.69. The molecule has 0 unspecified atom stereocenters. The Morgan fingerprint density at radius 1 is 0.931 bits per heavy atom. The van der Waals surface area contributed by atoms with E-state index in [1.165, 1.54) is 17.7 Å². The van der Waals surface area contributed by atoms with Gasteiger partial charge in [-0.3, -0.25) is 9.59 Å². The topological polar surface area (TPSA) is 65.3 Å². The van der Waals surface area contributed by atoms with Gasteiger partial charge in [-0.25, -0.2) is 9.91 Å². The summed E-state index contributed by atoms with van der Waals surface area (Å²) in [5.74, 6) is -1.06. The summed E-state index contributed by atoms with van der Waals surface area (Å²) in [5, 5.41) is 8.81. The number of benzene rings is 2. The molecule has 0 radical (unpaired) electrons. The smallest absolute Gasteiger partial charge is 0.271 e. The first-order valence-corrected chi connectivity index (χ1v) is 9.21. The second-order valence-corrected chi connectivity index (χ2v) is 7.31. The molecular formula is C20H15F3N4O2. The fraction of sp³-hybridized carbons (Fsp3) is 0.300. The molecule has 1 fully saturated rings. The van der Waals surface area contributed by atoms with Crippen LogP contribution in [0.2, 0.25) is 0 Å². The third kappa shape index (κ3) is 2.72. The Morgan fingerprint density at radius 2 is 1.72 bits per heavy atom. The van der Waals surface area contributed by atoms with Crippen molar-refractivity contribution in [2.75, 3.05) is 9.91 Å². The Labute approximate surface area is 163 Å². The van der Waals surface area contributed by atoms with E-state index in [2.05, 4.69) is 10.3 Å². The minimum atomic E-state index is -4.53. The number of carbonyl (C=O) groups excluding carboxylic acids is 2. The summed E-state index contributed by atoms with van der Waals surface area (Å²) in [6.07, 6.45) is -1.63. The molecule has 5 rings (SSSR count). The van der Waals surface area contributed by atoms with Gasteiger partial charge < -0.3 is 0 Å². The molecule has 2 atom stereocenters. The maximum absolute atomic E-state index is 13.1. The second kappa shape index (κ2) is 6.13. The molecule has 2 amide bonds. The van der Waals surface area contributed by atoms with Crippen LogP contribution in [0, 0.1) is 0 Å². The number of carbonyl (C=O) groups is 2. The Kier molecular flexibility index (Phi) is 3.77. The maximum Gasteiger partial charge on any atom is 0.416 e. The van der Waals surface area contributed by atoms with Crippen molar-refractivity contribution in [3.63, 3.8) is 0 Å². The molecular weight excluding hydrogens is 385 g/mol. The van der Waals surface area contributed by atoms with Crippen molar-refractivity contribution in [1.29, 1.82) is 0 Å². The number of amides is 2. The molecule has 2 heterocycles. The molecule has 1 saturated heterocycles. The maximum atomic E-state index is 13.1. The quantitative estimate of drug-likeness (QED) is 0.723. The molecule has 1 aliphatic carbocycles. The highest BCUT2D eigenvalue weighted by molar-refractivity contribution is 6.26. The second-order valence-electron chi connectivity index (χ2n) is 7.31. The summed E-state index contributed by atoms with van der Waals surface area (Å²) in [7, 11) is 0. The van der Waals surface area contributed by atoms with Crippen LogP contribution in [-0.4, -0.2) is 23.9 Å². The van der Waals surface area contributed by atoms with Gasteiger partial charge in [0.2, 0.25) is 0 Å². The fourth-order valence-corrected chi connectivity index (χ4v) is 4.15. The lowest BCUT2D eigenvalue weighted by Crippen LogP contribution is -2.40. The predicted molar refractivity (Wildman–Crippen MR) is 97.3 cm³/mol. The number of hydrogen-bond acceptors (Lipinski definition) is 5. The molecule has 6 nitrogen and oxygen atoms in total. The van der Waals surface area contributed by atoms with Gasteiger partial charge in [-0.2, -0.15) is 18.3 Å². The Balaban J connectivity index is 1.49. The summed E-state index contributed by atoms with van der Waals surface area (Å²) in [4.78, 5) is 27.0. The molecule has 0 N–H and O–H groups in total. The van der Waals surface area contributed by atoms with Crippen molar-refractivity contribution >= 4 is 23.2 Å². The van der Waals surface area contributed by atoms with Crippen molar-refractivity contribution < 1.29 is 22.8 Å². The van der Waals surface area contributed by atoms with Crippen molar-refractivity contribution in [3.05, 3.63) is 59.2 Å². The average Bonchev–Trinajstić information content (AvgIpc) is 3.38. The molecule has 0 spiro atoms. The van der Waals surface area contributed by atoms with E-state index in [4.69, 9.17) is 0 Å². The molecule has 0 aromatic heterocycles. The van der Waals surface area contributed by atoms with Crippen molar-refractivity contribution in [1.82, 2.24) is 0 Å². The Bertz CT molecular complexity index is 1070. The molecule has 148 valence electrons. The number of imide groups is 1. The molecule has 29 heavy (non-hydrogen) atoms. The molecule has 2 aromatic rings. The monoisotopic (exact) mass is 400 g/mol. The van der Waals surface area contributed by atoms with Crippen LogP contribution < -0.4 is 9.91 Å². The normalized spacial score (nSPS) is 23.1. The number of nitrogens with zero attached hydrogens (tertiary/aromatic N) is 4. The van der Waals surface area contributed by atoms with Gasteiger partial charge in [-0.1, -0.05) is 17.4 Å². The van der Waals surface area contributed by atoms with E-state index in [-0.39, 0.29) is 5.69 Å². The first-order chi connectivity index (χ1) is 13.8. The highest BCUT2D eigenvalue weighted by Crippen LogP contribution is 2.38. The zero-order valence-electron chi connectivity index (χ0n) is 15.1. The summed E-state index contributed by atoms with van der Waals surface area (Å²) < 4.78 is 39.2. The van der Waals surface area contributed by atoms with Crippen LogP contribution in [0.4, 0.5) is 24.5 Å². The minimum absolute atomic E-state index is 0.0630. The standard InChI is InChI=1S/C20H15F3N4O2/c21-20(22,23)13-5-2-6-15(10-13)27-17-16(24-25-27)18(28)26(19(17)29)14-8-7-11-3-1-4-12(11)9-14/h2,5-10,16-17H,1,3-4H2/t16-,17-/m1/s1. The lowest BCUT2D eigenvalue weighted by atomic mass is 10.1. The molecule has 2 aromatic carbocycles. The minimum Gasteiger partial charge on any atom is -0.271 e. The van der Waals surface area contributed by atoms with E-state index in [0.29, 0.717) is 5.69 Å². The first-order valence-electron chi connectivity index (χ1n) is 9.21. The molecule has 3 aliphatic rings. The van der Waals surface area contributed by atoms with Crippen LogP contribution >= 0.6 is 0 Å². The highest BCUT2D eigenvalue weighted by Gasteiger charge is 2.55. The van der Waals surface area contributed by atoms with Crippen molar-refractivity contribution in [3.8, 4) is 0 Å². The first kappa shape index (κ1) is 17.8. The number of rotatable bonds is 2. The van der Waals surface area contributed by atoms with Gasteiger partial charge in [0.1, 0.15) is 0 Å². The molecule has 2 aliphatic heterocycles. The van der Waals surface area contributed by atoms with Gasteiger partial charge in [0.25, 0.3) is 11.8 Å². The van der Waals surface area contributed by atoms with Gasteiger partial charge in [-0.05, 0) is 60.7 Å². The number of hydrogen-bond donors (Lipinski definition) is 0. The van der Waals surface area contributed by atoms with Gasteiger partial charge in [0.15, 0.2) is 12.1 Å². The van der Waals surface area contributed by atoms with Crippen LogP contribution in [0.25, 0.3) is 0 Å². The number of alkyl halides is 3. The third-order valence-corrected chi connectivity index (χ3v) is 5.56. The van der Waals surface area contributed by atoms with Crippen LogP contribution in [0.3, 0.4) is 0 Å². The zero-order valence-corrected chi connectivity index (χ0v) is 15.1. The third-order valence-electron chi connectivity index (χ3n) is 5.56. The van der Waals surface area contributed by atoms with Crippen molar-refractivity contribution in [2.24, 2.45) is 10.3 Å². The molecule has 0 saturated carbocycles. The lowest BCUT2D eigenvalue weighted by molar-refractivity contribution is -0.137. The molecule has 0 bridgehead atoms. The number of halogens is 3. The van der Waals surface area contributed by atoms with Gasteiger partial charge in [0.05, 0.1) is 16.9 Å². The largest absolute Gasteiger partial charge is 0.416 e. The van der Waals surface area contributed by atoms with Crippen LogP contribution in [0.15, 0.2) is 52.8 Å². The van der Waals surface area contributed by atoms with Crippen LogP contribution in [0.1, 0.15) is 23.1 Å². The Morgan fingerprint density at radius 3 is 2.52 bits per heavy atom. The average molecular weight is 400 g/mol. The molecule has 9 heteroatoms. The van der Waals surface area contributed by atoms with Crippen LogP contribution in [-0.2, 0) is 28.6 Å². The van der Waals surface area contributed by atoms with E-state index in [1.807, 2.05) is 12.1 Å². The van der Waals surface area contributed by atoms with E-state index in [1.54, 1.807) is 6.07 Å². The summed E-state index contributed by atoms with van der Waals surface area (Å²) in [5.41, 5.74) is 1.98. The van der Waals surface area contributed by atoms with Gasteiger partial charge >= 0.3 is 6.18 Å². The van der Waals surface area contributed by atoms with Gasteiger partial charge in [0, 0.05) is 0 Å². The van der Waals surface area contributed by atoms with E-state index < -0.39 is 35.6 Å². The number of aryl methyl sites for hydroxylation is 2. The highest BCUT2D eigenvalue weighted by atomic mass is 19.4. The number of anilines is 2. The fourth-order valence-electron chi connectivity index (χ4n) is 4.15. The summed E-state index contributed by atoms with van der Waals surface area (Å²) in [6, 6.07) is 7.82. The summed E-state index contributed by atoms with van der Waals surface area (Å²) in [6.45, 7) is 0. The number of fused-ring (bicyclic) bond motifs is 2. The zero-order chi connectivity index (χ0) is 20.3. The van der Waals surface area contributed by atoms with Gasteiger partial charge in [-0.15, -0.1) is 0 Å². The van der Waals surface area contributed by atoms with E-state index in [0.717, 1.165) is 46.9 Å². The van der Waals surface area contributed by atoms with E-state index in [9.17, 15) is 22.8 Å². The Hall–Kier alpha value is -3.23. The summed E-state index contributed by atoms with van der Waals surface area (Å²) >= 11 is 0. The van der Waals surface area contributed by atoms with Crippen molar-refractivity contribution in [2.45, 2.75) is 37.5 Å².